The van der Waals surface area contributed by atoms with E-state index in [1.807, 2.05) is 0 Å². The van der Waals surface area contributed by atoms with Crippen molar-refractivity contribution >= 4 is 6.72 Å². The zero-order valence-electron chi connectivity index (χ0n) is 10.7. The van der Waals surface area contributed by atoms with Gasteiger partial charge in [0.15, 0.2) is 0 Å². The van der Waals surface area contributed by atoms with Gasteiger partial charge in [-0.3, -0.25) is 4.99 Å². The summed E-state index contributed by atoms with van der Waals surface area (Å²) >= 11 is 0. The second kappa shape index (κ2) is 4.16. The van der Waals surface area contributed by atoms with E-state index in [0.29, 0.717) is 0 Å². The third-order valence-corrected chi connectivity index (χ3v) is 2.31. The number of aliphatic imine (C=N–C) groups is 1. The van der Waals surface area contributed by atoms with Crippen molar-refractivity contribution < 1.29 is 0 Å². The van der Waals surface area contributed by atoms with Gasteiger partial charge in [0.05, 0.1) is 5.70 Å². The highest BCUT2D eigenvalue weighted by Gasteiger charge is 2.20. The Balaban J connectivity index is 4.88. The van der Waals surface area contributed by atoms with Crippen molar-refractivity contribution in [2.24, 2.45) is 10.4 Å². The van der Waals surface area contributed by atoms with E-state index in [9.17, 15) is 0 Å². The van der Waals surface area contributed by atoms with Crippen molar-refractivity contribution in [1.29, 1.82) is 0 Å². The summed E-state index contributed by atoms with van der Waals surface area (Å²) in [6.07, 6.45) is 2.08. The summed E-state index contributed by atoms with van der Waals surface area (Å²) < 4.78 is 0. The second-order valence-corrected chi connectivity index (χ2v) is 5.70. The summed E-state index contributed by atoms with van der Waals surface area (Å²) in [5, 5.41) is 0. The van der Waals surface area contributed by atoms with Crippen LogP contribution in [0.4, 0.5) is 0 Å². The zero-order valence-corrected chi connectivity index (χ0v) is 10.7. The first-order chi connectivity index (χ1) is 6.09. The maximum absolute atomic E-state index is 4.08. The predicted octanol–water partition coefficient (Wildman–Crippen LogP) is 3.30. The molecule has 0 spiro atoms. The van der Waals surface area contributed by atoms with Crippen LogP contribution in [0, 0.1) is 5.41 Å². The Labute approximate surface area is 88.7 Å². The van der Waals surface area contributed by atoms with Gasteiger partial charge in [0.2, 0.25) is 0 Å². The van der Waals surface area contributed by atoms with Crippen LogP contribution in [0.3, 0.4) is 0 Å². The molecular formula is C12H24N2. The Hall–Kier alpha value is -0.790. The van der Waals surface area contributed by atoms with Gasteiger partial charge in [-0.1, -0.05) is 20.8 Å². The third kappa shape index (κ3) is 3.95. The van der Waals surface area contributed by atoms with Gasteiger partial charge in [0.25, 0.3) is 0 Å². The second-order valence-electron chi connectivity index (χ2n) is 5.70. The maximum Gasteiger partial charge on any atom is 0.0608 e. The Bertz CT molecular complexity index is 226. The Morgan fingerprint density at radius 1 is 1.14 bits per heavy atom. The van der Waals surface area contributed by atoms with Gasteiger partial charge < -0.3 is 4.90 Å². The van der Waals surface area contributed by atoms with Crippen molar-refractivity contribution in [3.05, 3.63) is 11.9 Å². The average Bonchev–Trinajstić information content (AvgIpc) is 1.95. The molecule has 14 heavy (non-hydrogen) atoms. The summed E-state index contributed by atoms with van der Waals surface area (Å²) in [5.74, 6) is 0. The quantitative estimate of drug-likeness (QED) is 0.619. The molecule has 0 aromatic carbocycles. The normalized spacial score (nSPS) is 14.1. The molecule has 0 saturated carbocycles. The van der Waals surface area contributed by atoms with Gasteiger partial charge in [0.1, 0.15) is 0 Å². The minimum Gasteiger partial charge on any atom is -0.374 e. The molecule has 0 aliphatic carbocycles. The van der Waals surface area contributed by atoms with Crippen LogP contribution in [0.2, 0.25) is 0 Å². The highest BCUT2D eigenvalue weighted by Crippen LogP contribution is 2.27. The first kappa shape index (κ1) is 13.2. The number of hydrogen-bond donors (Lipinski definition) is 0. The lowest BCUT2D eigenvalue weighted by molar-refractivity contribution is 0.244. The average molecular weight is 196 g/mol. The van der Waals surface area contributed by atoms with Gasteiger partial charge in [0, 0.05) is 24.2 Å². The van der Waals surface area contributed by atoms with Crippen LogP contribution >= 0.6 is 0 Å². The molecule has 0 aromatic rings. The van der Waals surface area contributed by atoms with E-state index in [4.69, 9.17) is 0 Å². The Kier molecular flexibility index (Phi) is 3.92. The minimum absolute atomic E-state index is 0.0568. The highest BCUT2D eigenvalue weighted by molar-refractivity contribution is 5.30. The summed E-state index contributed by atoms with van der Waals surface area (Å²) in [4.78, 5) is 6.25. The van der Waals surface area contributed by atoms with E-state index < -0.39 is 0 Å². The van der Waals surface area contributed by atoms with Crippen molar-refractivity contribution in [3.63, 3.8) is 0 Å². The van der Waals surface area contributed by atoms with E-state index in [1.165, 1.54) is 0 Å². The summed E-state index contributed by atoms with van der Waals surface area (Å²) in [6.45, 7) is 16.6. The Morgan fingerprint density at radius 2 is 1.57 bits per heavy atom. The molecule has 0 heterocycles. The van der Waals surface area contributed by atoms with E-state index in [1.54, 1.807) is 0 Å². The first-order valence-electron chi connectivity index (χ1n) is 5.01. The number of rotatable bonds is 2. The molecule has 0 aliphatic rings. The predicted molar refractivity (Wildman–Crippen MR) is 64.6 cm³/mol. The van der Waals surface area contributed by atoms with Crippen molar-refractivity contribution in [2.75, 3.05) is 7.05 Å². The molecule has 0 fully saturated rings. The lowest BCUT2D eigenvalue weighted by Gasteiger charge is -2.33. The van der Waals surface area contributed by atoms with Gasteiger partial charge in [-0.25, -0.2) is 0 Å². The molecule has 2 heteroatoms. The first-order valence-corrected chi connectivity index (χ1v) is 5.01. The molecule has 0 rings (SSSR count). The van der Waals surface area contributed by atoms with Crippen LogP contribution < -0.4 is 0 Å². The van der Waals surface area contributed by atoms with E-state index in [0.717, 1.165) is 5.70 Å². The van der Waals surface area contributed by atoms with E-state index in [-0.39, 0.29) is 11.0 Å². The molecule has 0 atom stereocenters. The monoisotopic (exact) mass is 196 g/mol. The van der Waals surface area contributed by atoms with Crippen LogP contribution in [-0.2, 0) is 0 Å². The molecule has 0 aliphatic heterocycles. The molecule has 0 radical (unpaired) electrons. The standard InChI is InChI=1S/C12H24N2/c1-11(2,3)10(13-7)9-14(8)12(4,5)6/h9H,7H2,1-6,8H3/b10-9-. The fourth-order valence-corrected chi connectivity index (χ4v) is 0.849. The van der Waals surface area contributed by atoms with Crippen LogP contribution in [0.1, 0.15) is 41.5 Å². The topological polar surface area (TPSA) is 15.6 Å². The zero-order chi connectivity index (χ0) is 11.6. The maximum atomic E-state index is 4.08. The molecule has 0 amide bonds. The molecule has 0 unspecified atom stereocenters. The molecule has 2 nitrogen and oxygen atoms in total. The number of allylic oxidation sites excluding steroid dienone is 1. The molecular weight excluding hydrogens is 172 g/mol. The minimum atomic E-state index is 0.0568. The summed E-state index contributed by atoms with van der Waals surface area (Å²) in [7, 11) is 2.07. The van der Waals surface area contributed by atoms with Crippen molar-refractivity contribution in [2.45, 2.75) is 47.1 Å². The molecule has 0 saturated heterocycles. The number of nitrogens with zero attached hydrogens (tertiary/aromatic N) is 2. The van der Waals surface area contributed by atoms with Gasteiger partial charge in [-0.05, 0) is 27.5 Å². The summed E-state index contributed by atoms with van der Waals surface area (Å²) in [5.41, 5.74) is 1.21. The Morgan fingerprint density at radius 3 is 1.79 bits per heavy atom. The molecule has 0 bridgehead atoms. The third-order valence-electron chi connectivity index (χ3n) is 2.31. The SMILES string of the molecule is C=N/C(=C\N(C)C(C)(C)C)C(C)(C)C. The lowest BCUT2D eigenvalue weighted by atomic mass is 9.92. The number of hydrogen-bond acceptors (Lipinski definition) is 2. The van der Waals surface area contributed by atoms with Crippen LogP contribution in [0.5, 0.6) is 0 Å². The largest absolute Gasteiger partial charge is 0.374 e. The van der Waals surface area contributed by atoms with Crippen LogP contribution in [0.15, 0.2) is 16.9 Å². The van der Waals surface area contributed by atoms with Crippen LogP contribution in [-0.4, -0.2) is 24.2 Å². The van der Waals surface area contributed by atoms with Crippen LogP contribution in [0.25, 0.3) is 0 Å². The van der Waals surface area contributed by atoms with Crippen molar-refractivity contribution in [1.82, 2.24) is 4.90 Å². The van der Waals surface area contributed by atoms with Gasteiger partial charge in [-0.15, -0.1) is 0 Å². The molecule has 0 N–H and O–H groups in total. The summed E-state index contributed by atoms with van der Waals surface area (Å²) in [6, 6.07) is 0. The van der Waals surface area contributed by atoms with Gasteiger partial charge in [-0.2, -0.15) is 0 Å². The van der Waals surface area contributed by atoms with Gasteiger partial charge >= 0.3 is 0 Å². The smallest absolute Gasteiger partial charge is 0.0608 e. The lowest BCUT2D eigenvalue weighted by Crippen LogP contribution is -2.34. The van der Waals surface area contributed by atoms with E-state index >= 15 is 0 Å². The fraction of sp³-hybridized carbons (Fsp3) is 0.750. The molecule has 82 valence electrons. The highest BCUT2D eigenvalue weighted by atomic mass is 15.1. The van der Waals surface area contributed by atoms with E-state index in [2.05, 4.69) is 71.4 Å². The fourth-order valence-electron chi connectivity index (χ4n) is 0.849. The molecule has 0 aromatic heterocycles. The van der Waals surface area contributed by atoms with Crippen molar-refractivity contribution in [3.8, 4) is 0 Å².